The van der Waals surface area contributed by atoms with Gasteiger partial charge in [-0.05, 0) is 60.1 Å². The summed E-state index contributed by atoms with van der Waals surface area (Å²) in [5, 5.41) is 9.41. The van der Waals surface area contributed by atoms with Gasteiger partial charge in [0, 0.05) is 12.2 Å². The molecule has 0 aromatic heterocycles. The molecular formula is C28H31FO3. The van der Waals surface area contributed by atoms with Crippen molar-refractivity contribution in [3.8, 4) is 22.3 Å². The maximum Gasteiger partial charge on any atom is 0.308 e. The highest BCUT2D eigenvalue weighted by Crippen LogP contribution is 2.30. The highest BCUT2D eigenvalue weighted by Gasteiger charge is 2.12. The molecule has 0 spiro atoms. The van der Waals surface area contributed by atoms with E-state index in [9.17, 15) is 9.90 Å². The first kappa shape index (κ1) is 23.7. The van der Waals surface area contributed by atoms with Crippen molar-refractivity contribution < 1.29 is 19.0 Å². The highest BCUT2D eigenvalue weighted by molar-refractivity contribution is 5.72. The SMILES string of the molecule is Cc1ccc(-c2ccc(-c3ccc(CCO)c(CCCOC(=O)C(C)C)c3)c(F)c2)cc1. The van der Waals surface area contributed by atoms with E-state index in [0.717, 1.165) is 27.8 Å². The molecule has 32 heavy (non-hydrogen) atoms. The number of aryl methyl sites for hydroxylation is 2. The van der Waals surface area contributed by atoms with E-state index < -0.39 is 0 Å². The molecule has 4 heteroatoms. The molecule has 0 aliphatic rings. The van der Waals surface area contributed by atoms with Crippen molar-refractivity contribution in [2.45, 2.75) is 40.0 Å². The van der Waals surface area contributed by atoms with Crippen LogP contribution in [0.5, 0.6) is 0 Å². The standard InChI is InChI=1S/C28H31FO3/c1-19(2)28(31)32-16-4-5-23-17-25(11-10-22(23)14-15-30)26-13-12-24(18-27(26)29)21-8-6-20(3)7-9-21/h6-13,17-19,30H,4-5,14-16H2,1-3H3. The Kier molecular flexibility index (Phi) is 8.18. The van der Waals surface area contributed by atoms with Gasteiger partial charge in [-0.2, -0.15) is 0 Å². The fourth-order valence-electron chi connectivity index (χ4n) is 3.67. The lowest BCUT2D eigenvalue weighted by Gasteiger charge is -2.13. The average Bonchev–Trinajstić information content (AvgIpc) is 2.78. The Hall–Kier alpha value is -2.98. The van der Waals surface area contributed by atoms with E-state index in [1.165, 1.54) is 5.56 Å². The first-order chi connectivity index (χ1) is 15.4. The van der Waals surface area contributed by atoms with Crippen molar-refractivity contribution in [1.29, 1.82) is 0 Å². The summed E-state index contributed by atoms with van der Waals surface area (Å²) in [4.78, 5) is 11.6. The predicted octanol–water partition coefficient (Wildman–Crippen LogP) is 6.13. The zero-order valence-electron chi connectivity index (χ0n) is 19.0. The second kappa shape index (κ2) is 11.1. The van der Waals surface area contributed by atoms with E-state index in [-0.39, 0.29) is 24.3 Å². The van der Waals surface area contributed by atoms with Crippen LogP contribution in [0, 0.1) is 18.7 Å². The number of ether oxygens (including phenoxy) is 1. The number of benzene rings is 3. The van der Waals surface area contributed by atoms with Crippen molar-refractivity contribution in [3.63, 3.8) is 0 Å². The van der Waals surface area contributed by atoms with Gasteiger partial charge in [0.1, 0.15) is 5.82 Å². The monoisotopic (exact) mass is 434 g/mol. The van der Waals surface area contributed by atoms with Gasteiger partial charge in [0.15, 0.2) is 0 Å². The van der Waals surface area contributed by atoms with Crippen molar-refractivity contribution >= 4 is 5.97 Å². The van der Waals surface area contributed by atoms with Crippen molar-refractivity contribution in [2.75, 3.05) is 13.2 Å². The van der Waals surface area contributed by atoms with E-state index in [1.807, 2.05) is 75.4 Å². The van der Waals surface area contributed by atoms with Crippen LogP contribution in [0.25, 0.3) is 22.3 Å². The number of rotatable bonds is 9. The van der Waals surface area contributed by atoms with Crippen molar-refractivity contribution in [1.82, 2.24) is 0 Å². The summed E-state index contributed by atoms with van der Waals surface area (Å²) in [6, 6.07) is 19.2. The Balaban J connectivity index is 1.80. The minimum atomic E-state index is -0.269. The first-order valence-electron chi connectivity index (χ1n) is 11.2. The Morgan fingerprint density at radius 3 is 2.25 bits per heavy atom. The van der Waals surface area contributed by atoms with Crippen LogP contribution in [0.15, 0.2) is 60.7 Å². The van der Waals surface area contributed by atoms with Gasteiger partial charge in [-0.25, -0.2) is 4.39 Å². The molecule has 0 atom stereocenters. The fourth-order valence-corrected chi connectivity index (χ4v) is 3.67. The van der Waals surface area contributed by atoms with Crippen LogP contribution < -0.4 is 0 Å². The van der Waals surface area contributed by atoms with Crippen molar-refractivity contribution in [2.24, 2.45) is 5.92 Å². The second-order valence-corrected chi connectivity index (χ2v) is 8.44. The van der Waals surface area contributed by atoms with Crippen LogP contribution in [-0.2, 0) is 22.4 Å². The smallest absolute Gasteiger partial charge is 0.308 e. The predicted molar refractivity (Wildman–Crippen MR) is 127 cm³/mol. The molecule has 3 nitrogen and oxygen atoms in total. The zero-order valence-corrected chi connectivity index (χ0v) is 19.0. The molecule has 0 saturated heterocycles. The van der Waals surface area contributed by atoms with Gasteiger partial charge in [-0.1, -0.05) is 74.0 Å². The zero-order chi connectivity index (χ0) is 23.1. The molecule has 0 aliphatic heterocycles. The van der Waals surface area contributed by atoms with Gasteiger partial charge in [0.2, 0.25) is 0 Å². The molecule has 0 amide bonds. The molecule has 3 rings (SSSR count). The number of carbonyl (C=O) groups is 1. The molecule has 0 saturated carbocycles. The lowest BCUT2D eigenvalue weighted by atomic mass is 9.93. The van der Waals surface area contributed by atoms with Crippen LogP contribution >= 0.6 is 0 Å². The molecule has 0 heterocycles. The minimum Gasteiger partial charge on any atom is -0.465 e. The molecule has 0 radical (unpaired) electrons. The molecule has 0 bridgehead atoms. The van der Waals surface area contributed by atoms with Crippen LogP contribution in [-0.4, -0.2) is 24.3 Å². The van der Waals surface area contributed by atoms with Crippen LogP contribution in [0.1, 0.15) is 37.0 Å². The number of hydrogen-bond donors (Lipinski definition) is 1. The summed E-state index contributed by atoms with van der Waals surface area (Å²) < 4.78 is 20.3. The van der Waals surface area contributed by atoms with E-state index in [4.69, 9.17) is 4.74 Å². The van der Waals surface area contributed by atoms with Crippen LogP contribution in [0.4, 0.5) is 4.39 Å². The number of hydrogen-bond acceptors (Lipinski definition) is 3. The number of carbonyl (C=O) groups excluding carboxylic acids is 1. The summed E-state index contributed by atoms with van der Waals surface area (Å²) in [6.07, 6.45) is 1.91. The van der Waals surface area contributed by atoms with E-state index in [2.05, 4.69) is 0 Å². The molecule has 0 aliphatic carbocycles. The topological polar surface area (TPSA) is 46.5 Å². The Bertz CT molecular complexity index is 1050. The normalized spacial score (nSPS) is 11.1. The van der Waals surface area contributed by atoms with Gasteiger partial charge in [0.05, 0.1) is 12.5 Å². The van der Waals surface area contributed by atoms with Gasteiger partial charge < -0.3 is 9.84 Å². The number of esters is 1. The van der Waals surface area contributed by atoms with E-state index in [0.29, 0.717) is 31.4 Å². The highest BCUT2D eigenvalue weighted by atomic mass is 19.1. The van der Waals surface area contributed by atoms with Gasteiger partial charge in [0.25, 0.3) is 0 Å². The lowest BCUT2D eigenvalue weighted by molar-refractivity contribution is -0.147. The summed E-state index contributed by atoms with van der Waals surface area (Å²) >= 11 is 0. The first-order valence-corrected chi connectivity index (χ1v) is 11.2. The molecule has 1 N–H and O–H groups in total. The van der Waals surface area contributed by atoms with Gasteiger partial charge >= 0.3 is 5.97 Å². The summed E-state index contributed by atoms with van der Waals surface area (Å²) in [7, 11) is 0. The van der Waals surface area contributed by atoms with Gasteiger partial charge in [-0.3, -0.25) is 4.79 Å². The molecule has 168 valence electrons. The van der Waals surface area contributed by atoms with Crippen molar-refractivity contribution in [3.05, 3.63) is 83.2 Å². The number of halogens is 1. The largest absolute Gasteiger partial charge is 0.465 e. The quantitative estimate of drug-likeness (QED) is 0.325. The molecule has 0 fully saturated rings. The Morgan fingerprint density at radius 1 is 0.906 bits per heavy atom. The maximum atomic E-state index is 15.1. The Morgan fingerprint density at radius 2 is 1.59 bits per heavy atom. The summed E-state index contributed by atoms with van der Waals surface area (Å²) in [5.74, 6) is -0.617. The third-order valence-electron chi connectivity index (χ3n) is 5.56. The third-order valence-corrected chi connectivity index (χ3v) is 5.56. The van der Waals surface area contributed by atoms with Gasteiger partial charge in [-0.15, -0.1) is 0 Å². The van der Waals surface area contributed by atoms with Crippen LogP contribution in [0.3, 0.4) is 0 Å². The molecule has 0 unspecified atom stereocenters. The number of aliphatic hydroxyl groups is 1. The average molecular weight is 435 g/mol. The lowest BCUT2D eigenvalue weighted by Crippen LogP contribution is -2.13. The van der Waals surface area contributed by atoms with Crippen LogP contribution in [0.2, 0.25) is 0 Å². The third kappa shape index (κ3) is 6.04. The fraction of sp³-hybridized carbons (Fsp3) is 0.321. The summed E-state index contributed by atoms with van der Waals surface area (Å²) in [6.45, 7) is 6.04. The van der Waals surface area contributed by atoms with E-state index in [1.54, 1.807) is 6.07 Å². The maximum absolute atomic E-state index is 15.1. The Labute approximate surface area is 189 Å². The molecular weight excluding hydrogens is 403 g/mol. The van der Waals surface area contributed by atoms with E-state index >= 15 is 4.39 Å². The minimum absolute atomic E-state index is 0.0499. The number of aliphatic hydroxyl groups excluding tert-OH is 1. The second-order valence-electron chi connectivity index (χ2n) is 8.44. The summed E-state index contributed by atoms with van der Waals surface area (Å²) in [5.41, 5.74) is 6.41. The molecule has 3 aromatic carbocycles. The molecule has 3 aromatic rings.